The molecule has 0 aliphatic carbocycles. The van der Waals surface area contributed by atoms with E-state index >= 15 is 0 Å². The van der Waals surface area contributed by atoms with Gasteiger partial charge in [0.15, 0.2) is 0 Å². The van der Waals surface area contributed by atoms with Gasteiger partial charge in [0.05, 0.1) is 30.0 Å². The van der Waals surface area contributed by atoms with E-state index in [4.69, 9.17) is 4.74 Å². The summed E-state index contributed by atoms with van der Waals surface area (Å²) in [6.45, 7) is 0. The molecule has 0 unspecified atom stereocenters. The normalized spacial score (nSPS) is 16.1. The topological polar surface area (TPSA) is 88.1 Å². The number of hydrogen-bond donors (Lipinski definition) is 1. The Morgan fingerprint density at radius 3 is 2.52 bits per heavy atom. The average molecular weight is 456 g/mol. The van der Waals surface area contributed by atoms with Gasteiger partial charge < -0.3 is 4.74 Å². The van der Waals surface area contributed by atoms with E-state index in [2.05, 4.69) is 9.82 Å². The molecule has 0 bridgehead atoms. The highest BCUT2D eigenvalue weighted by molar-refractivity contribution is 7.92. The lowest BCUT2D eigenvalue weighted by Crippen LogP contribution is -2.26. The number of methoxy groups -OCH3 is 1. The van der Waals surface area contributed by atoms with E-state index in [0.717, 1.165) is 23.1 Å². The van der Waals surface area contributed by atoms with Gasteiger partial charge in [0.25, 0.3) is 5.91 Å². The second-order valence-electron chi connectivity index (χ2n) is 7.09. The summed E-state index contributed by atoms with van der Waals surface area (Å²) in [5.41, 5.74) is 2.91. The zero-order chi connectivity index (χ0) is 22.0. The number of rotatable bonds is 6. The minimum absolute atomic E-state index is 0.170. The van der Waals surface area contributed by atoms with Crippen LogP contribution in [0.2, 0.25) is 0 Å². The standard InChI is InChI=1S/C22H21N3O4S2/c1-29-20-7-4-3-6-17(20)19-14-18(23-25(19)22(26)21-8-5-13-30-21)15-9-11-16(12-10-15)24-31(2,27)28/h3-13,19,24H,14H2,1-2H3/t19-/m0/s1. The van der Waals surface area contributed by atoms with Gasteiger partial charge in [-0.3, -0.25) is 9.52 Å². The zero-order valence-electron chi connectivity index (χ0n) is 17.0. The largest absolute Gasteiger partial charge is 0.496 e. The molecule has 1 aliphatic rings. The third-order valence-corrected chi connectivity index (χ3v) is 6.33. The van der Waals surface area contributed by atoms with Crippen molar-refractivity contribution in [1.29, 1.82) is 0 Å². The van der Waals surface area contributed by atoms with E-state index in [-0.39, 0.29) is 11.9 Å². The molecule has 1 amide bonds. The van der Waals surface area contributed by atoms with Crippen LogP contribution in [0.3, 0.4) is 0 Å². The summed E-state index contributed by atoms with van der Waals surface area (Å²) in [5.74, 6) is 0.525. The smallest absolute Gasteiger partial charge is 0.284 e. The fourth-order valence-corrected chi connectivity index (χ4v) is 4.73. The van der Waals surface area contributed by atoms with Crippen LogP contribution < -0.4 is 9.46 Å². The lowest BCUT2D eigenvalue weighted by molar-refractivity contribution is 0.0714. The number of para-hydroxylation sites is 1. The molecule has 0 saturated carbocycles. The molecular formula is C22H21N3O4S2. The van der Waals surface area contributed by atoms with Crippen molar-refractivity contribution in [2.24, 2.45) is 5.10 Å². The van der Waals surface area contributed by atoms with Crippen molar-refractivity contribution in [3.8, 4) is 5.75 Å². The molecule has 0 fully saturated rings. The molecule has 160 valence electrons. The van der Waals surface area contributed by atoms with Crippen LogP contribution in [0, 0.1) is 0 Å². The molecule has 2 aromatic carbocycles. The van der Waals surface area contributed by atoms with Gasteiger partial charge in [0, 0.05) is 17.7 Å². The van der Waals surface area contributed by atoms with Crippen LogP contribution in [-0.2, 0) is 10.0 Å². The molecule has 4 rings (SSSR count). The molecule has 1 aromatic heterocycles. The highest BCUT2D eigenvalue weighted by atomic mass is 32.2. The SMILES string of the molecule is COc1ccccc1[C@@H]1CC(c2ccc(NS(C)(=O)=O)cc2)=NN1C(=O)c1cccs1. The van der Waals surface area contributed by atoms with Gasteiger partial charge in [-0.1, -0.05) is 36.4 Å². The lowest BCUT2D eigenvalue weighted by Gasteiger charge is -2.23. The third kappa shape index (κ3) is 4.62. The highest BCUT2D eigenvalue weighted by Crippen LogP contribution is 2.38. The third-order valence-electron chi connectivity index (χ3n) is 4.87. The molecule has 1 aliphatic heterocycles. The minimum atomic E-state index is -3.35. The number of carbonyl (C=O) groups excluding carboxylic acids is 1. The van der Waals surface area contributed by atoms with Crippen LogP contribution in [0.4, 0.5) is 5.69 Å². The van der Waals surface area contributed by atoms with Crippen LogP contribution in [0.5, 0.6) is 5.75 Å². The predicted molar refractivity (Wildman–Crippen MR) is 122 cm³/mol. The molecule has 1 atom stereocenters. The predicted octanol–water partition coefficient (Wildman–Crippen LogP) is 4.12. The highest BCUT2D eigenvalue weighted by Gasteiger charge is 2.35. The van der Waals surface area contributed by atoms with E-state index < -0.39 is 10.0 Å². The Morgan fingerprint density at radius 2 is 1.87 bits per heavy atom. The van der Waals surface area contributed by atoms with Crippen molar-refractivity contribution in [3.05, 3.63) is 82.0 Å². The van der Waals surface area contributed by atoms with Crippen molar-refractivity contribution >= 4 is 38.7 Å². The number of nitrogens with one attached hydrogen (secondary N) is 1. The summed E-state index contributed by atoms with van der Waals surface area (Å²) >= 11 is 1.37. The number of hydrogen-bond acceptors (Lipinski definition) is 6. The minimum Gasteiger partial charge on any atom is -0.496 e. The number of nitrogens with zero attached hydrogens (tertiary/aromatic N) is 2. The first-order chi connectivity index (χ1) is 14.9. The molecule has 0 spiro atoms. The van der Waals surface area contributed by atoms with Crippen LogP contribution in [-0.4, -0.2) is 38.4 Å². The molecule has 9 heteroatoms. The Bertz CT molecular complexity index is 1220. The second-order valence-corrected chi connectivity index (χ2v) is 9.78. The van der Waals surface area contributed by atoms with Gasteiger partial charge in [0.2, 0.25) is 10.0 Å². The van der Waals surface area contributed by atoms with Crippen LogP contribution in [0.1, 0.15) is 33.3 Å². The van der Waals surface area contributed by atoms with Crippen molar-refractivity contribution in [3.63, 3.8) is 0 Å². The van der Waals surface area contributed by atoms with E-state index in [1.807, 2.05) is 35.7 Å². The van der Waals surface area contributed by atoms with Crippen LogP contribution in [0.15, 0.2) is 71.1 Å². The van der Waals surface area contributed by atoms with Gasteiger partial charge in [-0.15, -0.1) is 11.3 Å². The van der Waals surface area contributed by atoms with Gasteiger partial charge in [-0.05, 0) is 35.2 Å². The molecule has 7 nitrogen and oxygen atoms in total. The quantitative estimate of drug-likeness (QED) is 0.606. The Labute approximate surface area is 185 Å². The lowest BCUT2D eigenvalue weighted by atomic mass is 9.97. The Hall–Kier alpha value is -3.17. The molecule has 0 radical (unpaired) electrons. The Morgan fingerprint density at radius 1 is 1.13 bits per heavy atom. The van der Waals surface area contributed by atoms with Crippen LogP contribution >= 0.6 is 11.3 Å². The maximum absolute atomic E-state index is 13.2. The number of benzene rings is 2. The Kier molecular flexibility index (Phi) is 5.79. The first-order valence-corrected chi connectivity index (χ1v) is 12.3. The van der Waals surface area contributed by atoms with E-state index in [0.29, 0.717) is 22.7 Å². The maximum Gasteiger partial charge on any atom is 0.284 e. The number of carbonyl (C=O) groups is 1. The molecule has 2 heterocycles. The number of ether oxygens (including phenoxy) is 1. The Balaban J connectivity index is 1.69. The fraction of sp³-hybridized carbons (Fsp3) is 0.182. The average Bonchev–Trinajstić information content (AvgIpc) is 3.43. The first kappa shape index (κ1) is 21.1. The number of amides is 1. The number of thiophene rings is 1. The van der Waals surface area contributed by atoms with Crippen molar-refractivity contribution in [2.45, 2.75) is 12.5 Å². The number of anilines is 1. The van der Waals surface area contributed by atoms with Gasteiger partial charge in [-0.25, -0.2) is 13.4 Å². The van der Waals surface area contributed by atoms with Crippen molar-refractivity contribution < 1.29 is 17.9 Å². The summed E-state index contributed by atoms with van der Waals surface area (Å²) in [4.78, 5) is 13.8. The summed E-state index contributed by atoms with van der Waals surface area (Å²) in [5, 5.41) is 8.04. The summed E-state index contributed by atoms with van der Waals surface area (Å²) < 4.78 is 30.9. The zero-order valence-corrected chi connectivity index (χ0v) is 18.6. The van der Waals surface area contributed by atoms with E-state index in [1.54, 1.807) is 37.4 Å². The number of sulfonamides is 1. The molecule has 3 aromatic rings. The van der Waals surface area contributed by atoms with Gasteiger partial charge in [0.1, 0.15) is 5.75 Å². The van der Waals surface area contributed by atoms with Crippen molar-refractivity contribution in [1.82, 2.24) is 5.01 Å². The van der Waals surface area contributed by atoms with Crippen molar-refractivity contribution in [2.75, 3.05) is 18.1 Å². The van der Waals surface area contributed by atoms with Crippen LogP contribution in [0.25, 0.3) is 0 Å². The fourth-order valence-electron chi connectivity index (χ4n) is 3.51. The number of hydrazone groups is 1. The monoisotopic (exact) mass is 455 g/mol. The van der Waals surface area contributed by atoms with E-state index in [1.165, 1.54) is 16.3 Å². The first-order valence-electron chi connectivity index (χ1n) is 9.51. The van der Waals surface area contributed by atoms with E-state index in [9.17, 15) is 13.2 Å². The molecular weight excluding hydrogens is 434 g/mol. The summed E-state index contributed by atoms with van der Waals surface area (Å²) in [6.07, 6.45) is 1.62. The molecule has 31 heavy (non-hydrogen) atoms. The van der Waals surface area contributed by atoms with Gasteiger partial charge >= 0.3 is 0 Å². The molecule has 0 saturated heterocycles. The maximum atomic E-state index is 13.2. The summed E-state index contributed by atoms with van der Waals surface area (Å²) in [7, 11) is -1.75. The molecule has 1 N–H and O–H groups in total. The van der Waals surface area contributed by atoms with Gasteiger partial charge in [-0.2, -0.15) is 5.10 Å². The second kappa shape index (κ2) is 8.52. The summed E-state index contributed by atoms with van der Waals surface area (Å²) in [6, 6.07) is 17.9.